The minimum atomic E-state index is -0.196. The molecule has 2 aromatic rings. The second kappa shape index (κ2) is 5.56. The van der Waals surface area contributed by atoms with Crippen LogP contribution in [-0.2, 0) is 4.74 Å². The van der Waals surface area contributed by atoms with Crippen LogP contribution in [0.5, 0.6) is 0 Å². The highest BCUT2D eigenvalue weighted by molar-refractivity contribution is 5.83. The Hall–Kier alpha value is -1.36. The van der Waals surface area contributed by atoms with Gasteiger partial charge in [-0.25, -0.2) is 5.43 Å². The van der Waals surface area contributed by atoms with E-state index >= 15 is 0 Å². The van der Waals surface area contributed by atoms with Crippen molar-refractivity contribution in [2.45, 2.75) is 43.7 Å². The van der Waals surface area contributed by atoms with E-state index < -0.39 is 0 Å². The predicted octanol–water partition coefficient (Wildman–Crippen LogP) is 3.02. The second-order valence-corrected chi connectivity index (χ2v) is 5.72. The summed E-state index contributed by atoms with van der Waals surface area (Å²) < 4.78 is 5.95. The van der Waals surface area contributed by atoms with E-state index in [4.69, 9.17) is 10.6 Å². The van der Waals surface area contributed by atoms with Crippen LogP contribution in [0.25, 0.3) is 10.9 Å². The van der Waals surface area contributed by atoms with Crippen LogP contribution in [0.3, 0.4) is 0 Å². The number of fused-ring (bicyclic) bond motifs is 1. The molecule has 20 heavy (non-hydrogen) atoms. The Labute approximate surface area is 119 Å². The molecule has 1 aromatic carbocycles. The minimum absolute atomic E-state index is 0.0175. The van der Waals surface area contributed by atoms with Crippen LogP contribution in [0, 0.1) is 0 Å². The van der Waals surface area contributed by atoms with Gasteiger partial charge in [0.05, 0.1) is 11.6 Å². The fourth-order valence-electron chi connectivity index (χ4n) is 3.62. The molecule has 4 nitrogen and oxygen atoms in total. The Morgan fingerprint density at radius 3 is 2.70 bits per heavy atom. The molecule has 1 heterocycles. The Bertz CT molecular complexity index is 572. The quantitative estimate of drug-likeness (QED) is 0.592. The number of hydrogen-bond donors (Lipinski definition) is 3. The lowest BCUT2D eigenvalue weighted by molar-refractivity contribution is -0.0685. The van der Waals surface area contributed by atoms with Crippen LogP contribution in [0.2, 0.25) is 0 Å². The largest absolute Gasteiger partial charge is 0.376 e. The summed E-state index contributed by atoms with van der Waals surface area (Å²) in [4.78, 5) is 3.33. The molecule has 4 heteroatoms. The van der Waals surface area contributed by atoms with Crippen LogP contribution < -0.4 is 11.3 Å². The molecule has 108 valence electrons. The van der Waals surface area contributed by atoms with Crippen molar-refractivity contribution in [3.63, 3.8) is 0 Å². The van der Waals surface area contributed by atoms with Gasteiger partial charge in [0.1, 0.15) is 0 Å². The number of rotatable bonds is 4. The first kappa shape index (κ1) is 13.6. The monoisotopic (exact) mass is 273 g/mol. The topological polar surface area (TPSA) is 63.1 Å². The Morgan fingerprint density at radius 1 is 1.25 bits per heavy atom. The smallest absolute Gasteiger partial charge is 0.0886 e. The molecule has 0 radical (unpaired) electrons. The third-order valence-electron chi connectivity index (χ3n) is 4.73. The maximum Gasteiger partial charge on any atom is 0.0886 e. The molecular formula is C16H23N3O. The molecule has 0 spiro atoms. The van der Waals surface area contributed by atoms with Crippen molar-refractivity contribution in [1.29, 1.82) is 0 Å². The lowest BCUT2D eigenvalue weighted by atomic mass is 9.77. The number of aromatic amines is 1. The first-order valence-corrected chi connectivity index (χ1v) is 7.38. The molecule has 0 saturated heterocycles. The summed E-state index contributed by atoms with van der Waals surface area (Å²) in [6.07, 6.45) is 7.86. The fourth-order valence-corrected chi connectivity index (χ4v) is 3.62. The molecule has 1 aliphatic rings. The predicted molar refractivity (Wildman–Crippen MR) is 81.2 cm³/mol. The number of methoxy groups -OCH3 is 1. The first-order chi connectivity index (χ1) is 9.80. The van der Waals surface area contributed by atoms with Crippen LogP contribution in [0.1, 0.15) is 43.7 Å². The van der Waals surface area contributed by atoms with Gasteiger partial charge in [-0.3, -0.25) is 5.84 Å². The summed E-state index contributed by atoms with van der Waals surface area (Å²) in [5.41, 5.74) is 5.16. The van der Waals surface area contributed by atoms with E-state index in [1.165, 1.54) is 30.2 Å². The van der Waals surface area contributed by atoms with Crippen molar-refractivity contribution in [1.82, 2.24) is 10.4 Å². The second-order valence-electron chi connectivity index (χ2n) is 5.72. The first-order valence-electron chi connectivity index (χ1n) is 7.38. The van der Waals surface area contributed by atoms with Gasteiger partial charge in [0.25, 0.3) is 0 Å². The molecule has 1 unspecified atom stereocenters. The van der Waals surface area contributed by atoms with Gasteiger partial charge in [-0.15, -0.1) is 0 Å². The lowest BCUT2D eigenvalue weighted by Crippen LogP contribution is -2.49. The number of benzene rings is 1. The zero-order chi connectivity index (χ0) is 14.0. The van der Waals surface area contributed by atoms with Crippen molar-refractivity contribution < 1.29 is 4.74 Å². The molecule has 1 atom stereocenters. The van der Waals surface area contributed by atoms with E-state index in [1.54, 1.807) is 0 Å². The molecule has 1 fully saturated rings. The average molecular weight is 273 g/mol. The van der Waals surface area contributed by atoms with Crippen LogP contribution in [-0.4, -0.2) is 17.7 Å². The van der Waals surface area contributed by atoms with Gasteiger partial charge in [-0.1, -0.05) is 37.5 Å². The van der Waals surface area contributed by atoms with Crippen molar-refractivity contribution in [3.05, 3.63) is 36.0 Å². The van der Waals surface area contributed by atoms with E-state index in [1.807, 2.05) is 13.2 Å². The molecule has 1 aliphatic carbocycles. The van der Waals surface area contributed by atoms with Gasteiger partial charge in [0, 0.05) is 24.2 Å². The highest BCUT2D eigenvalue weighted by Gasteiger charge is 2.41. The molecular weight excluding hydrogens is 250 g/mol. The number of para-hydroxylation sites is 1. The van der Waals surface area contributed by atoms with E-state index in [2.05, 4.69) is 34.8 Å². The molecule has 0 amide bonds. The van der Waals surface area contributed by atoms with E-state index in [9.17, 15) is 0 Å². The van der Waals surface area contributed by atoms with Gasteiger partial charge in [0.2, 0.25) is 0 Å². The number of H-pyrrole nitrogens is 1. The summed E-state index contributed by atoms with van der Waals surface area (Å²) >= 11 is 0. The fraction of sp³-hybridized carbons (Fsp3) is 0.500. The average Bonchev–Trinajstić information content (AvgIpc) is 2.93. The summed E-state index contributed by atoms with van der Waals surface area (Å²) in [6.45, 7) is 0. The Kier molecular flexibility index (Phi) is 3.78. The maximum absolute atomic E-state index is 5.95. The van der Waals surface area contributed by atoms with E-state index in [0.29, 0.717) is 0 Å². The van der Waals surface area contributed by atoms with Gasteiger partial charge >= 0.3 is 0 Å². The van der Waals surface area contributed by atoms with Gasteiger partial charge in [-0.05, 0) is 24.5 Å². The van der Waals surface area contributed by atoms with Crippen molar-refractivity contribution >= 4 is 10.9 Å². The summed E-state index contributed by atoms with van der Waals surface area (Å²) in [5.74, 6) is 5.90. The Morgan fingerprint density at radius 2 is 2.00 bits per heavy atom. The molecule has 4 N–H and O–H groups in total. The van der Waals surface area contributed by atoms with Gasteiger partial charge in [0.15, 0.2) is 0 Å². The lowest BCUT2D eigenvalue weighted by Gasteiger charge is -2.42. The van der Waals surface area contributed by atoms with Gasteiger partial charge in [-0.2, -0.15) is 0 Å². The van der Waals surface area contributed by atoms with Crippen molar-refractivity contribution in [2.75, 3.05) is 7.11 Å². The Balaban J connectivity index is 2.04. The highest BCUT2D eigenvalue weighted by atomic mass is 16.5. The number of hydrazine groups is 1. The minimum Gasteiger partial charge on any atom is -0.376 e. The third-order valence-corrected chi connectivity index (χ3v) is 4.73. The summed E-state index contributed by atoms with van der Waals surface area (Å²) in [7, 11) is 1.81. The SMILES string of the molecule is COC1(C(NN)c2c[nH]c3ccccc23)CCCCC1. The van der Waals surface area contributed by atoms with Crippen molar-refractivity contribution in [2.24, 2.45) is 5.84 Å². The van der Waals surface area contributed by atoms with Crippen LogP contribution in [0.4, 0.5) is 0 Å². The summed E-state index contributed by atoms with van der Waals surface area (Å²) in [5, 5.41) is 1.22. The number of nitrogens with two attached hydrogens (primary N) is 1. The number of hydrogen-bond acceptors (Lipinski definition) is 3. The molecule has 0 aliphatic heterocycles. The van der Waals surface area contributed by atoms with Crippen LogP contribution in [0.15, 0.2) is 30.5 Å². The zero-order valence-corrected chi connectivity index (χ0v) is 12.0. The van der Waals surface area contributed by atoms with E-state index in [-0.39, 0.29) is 11.6 Å². The molecule has 1 saturated carbocycles. The van der Waals surface area contributed by atoms with Crippen LogP contribution >= 0.6 is 0 Å². The van der Waals surface area contributed by atoms with Crippen molar-refractivity contribution in [3.8, 4) is 0 Å². The summed E-state index contributed by atoms with van der Waals surface area (Å²) in [6, 6.07) is 8.35. The molecule has 0 bridgehead atoms. The molecule has 3 rings (SSSR count). The highest BCUT2D eigenvalue weighted by Crippen LogP contribution is 2.42. The maximum atomic E-state index is 5.95. The number of nitrogens with one attached hydrogen (secondary N) is 2. The number of ether oxygens (including phenoxy) is 1. The molecule has 1 aromatic heterocycles. The zero-order valence-electron chi connectivity index (χ0n) is 12.0. The third kappa shape index (κ3) is 2.14. The number of aromatic nitrogens is 1. The van der Waals surface area contributed by atoms with Gasteiger partial charge < -0.3 is 9.72 Å². The van der Waals surface area contributed by atoms with E-state index in [0.717, 1.165) is 18.4 Å². The standard InChI is InChI=1S/C16H23N3O/c1-20-16(9-5-2-6-10-16)15(19-17)13-11-18-14-8-4-3-7-12(13)14/h3-4,7-8,11,15,18-19H,2,5-6,9-10,17H2,1H3. The normalized spacial score (nSPS) is 20.1.